The summed E-state index contributed by atoms with van der Waals surface area (Å²) >= 11 is 11.2. The van der Waals surface area contributed by atoms with Crippen LogP contribution in [0.5, 0.6) is 5.75 Å². The normalized spacial score (nSPS) is 18.9. The Bertz CT molecular complexity index is 2210. The van der Waals surface area contributed by atoms with Gasteiger partial charge in [-0.1, -0.05) is 177 Å². The molecule has 1 fully saturated rings. The topological polar surface area (TPSA) is 55.4 Å². The van der Waals surface area contributed by atoms with E-state index in [2.05, 4.69) is 108 Å². The van der Waals surface area contributed by atoms with Gasteiger partial charge in [-0.25, -0.2) is 0 Å². The van der Waals surface area contributed by atoms with Gasteiger partial charge >= 0.3 is 0 Å². The second-order valence-corrected chi connectivity index (χ2v) is 16.1. The monoisotopic (exact) mass is 886 g/mol. The molecule has 0 aliphatic carbocycles. The van der Waals surface area contributed by atoms with Crippen molar-refractivity contribution in [3.8, 4) is 5.75 Å². The Labute approximate surface area is 368 Å². The molecule has 6 aromatic rings. The van der Waals surface area contributed by atoms with Crippen LogP contribution in [-0.4, -0.2) is 37.6 Å². The van der Waals surface area contributed by atoms with Crippen LogP contribution in [-0.2, 0) is 63.0 Å². The van der Waals surface area contributed by atoms with Crippen molar-refractivity contribution in [2.75, 3.05) is 13.2 Å². The van der Waals surface area contributed by atoms with E-state index in [-0.39, 0.29) is 13.2 Å². The van der Waals surface area contributed by atoms with E-state index in [0.717, 1.165) is 45.4 Å². The van der Waals surface area contributed by atoms with E-state index in [9.17, 15) is 0 Å². The third-order valence-corrected chi connectivity index (χ3v) is 11.9. The minimum absolute atomic E-state index is 0.239. The lowest BCUT2D eigenvalue weighted by molar-refractivity contribution is -0.275. The average Bonchev–Trinajstić information content (AvgIpc) is 3.29. The third kappa shape index (κ3) is 11.6. The molecule has 0 bridgehead atoms. The highest BCUT2D eigenvalue weighted by Gasteiger charge is 2.50. The molecule has 1 heterocycles. The Morgan fingerprint density at radius 1 is 0.617 bits per heavy atom. The molecule has 8 heteroatoms. The Kier molecular flexibility index (Phi) is 16.2. The van der Waals surface area contributed by atoms with Gasteiger partial charge in [0.05, 0.1) is 42.5 Å². The highest BCUT2D eigenvalue weighted by molar-refractivity contribution is 9.10. The summed E-state index contributed by atoms with van der Waals surface area (Å²) < 4.78 is 41.8. The van der Waals surface area contributed by atoms with Gasteiger partial charge in [-0.3, -0.25) is 0 Å². The minimum Gasteiger partial charge on any atom is -0.487 e. The first-order chi connectivity index (χ1) is 29.5. The second kappa shape index (κ2) is 22.3. The van der Waals surface area contributed by atoms with E-state index in [1.165, 1.54) is 5.56 Å². The molecule has 7 rings (SSSR count). The van der Waals surface area contributed by atoms with Crippen molar-refractivity contribution in [1.82, 2.24) is 0 Å². The quantitative estimate of drug-likeness (QED) is 0.0712. The maximum atomic E-state index is 7.31. The van der Waals surface area contributed by atoms with E-state index < -0.39 is 30.5 Å². The Hall–Kier alpha value is -4.57. The van der Waals surface area contributed by atoms with Crippen LogP contribution in [0.15, 0.2) is 169 Å². The fourth-order valence-electron chi connectivity index (χ4n) is 7.44. The molecule has 0 saturated carbocycles. The first-order valence-electron chi connectivity index (χ1n) is 20.6. The van der Waals surface area contributed by atoms with E-state index in [0.29, 0.717) is 48.1 Å². The molecule has 6 nitrogen and oxygen atoms in total. The Balaban J connectivity index is 1.33. The maximum Gasteiger partial charge on any atom is 0.153 e. The van der Waals surface area contributed by atoms with Crippen LogP contribution in [0, 0.1) is 0 Å². The van der Waals surface area contributed by atoms with Gasteiger partial charge in [-0.15, -0.1) is 0 Å². The summed E-state index contributed by atoms with van der Waals surface area (Å²) in [4.78, 5) is 0. The molecular formula is C52H52BrClO6. The van der Waals surface area contributed by atoms with Crippen LogP contribution >= 0.6 is 27.5 Å². The molecule has 0 aromatic heterocycles. The van der Waals surface area contributed by atoms with Crippen molar-refractivity contribution < 1.29 is 28.4 Å². The molecule has 0 radical (unpaired) electrons. The lowest BCUT2D eigenvalue weighted by atomic mass is 9.89. The van der Waals surface area contributed by atoms with Crippen LogP contribution < -0.4 is 4.74 Å². The molecule has 6 aromatic carbocycles. The van der Waals surface area contributed by atoms with Gasteiger partial charge in [0.25, 0.3) is 0 Å². The second-order valence-electron chi connectivity index (χ2n) is 14.9. The lowest BCUT2D eigenvalue weighted by Gasteiger charge is -2.46. The van der Waals surface area contributed by atoms with Crippen molar-refractivity contribution in [3.05, 3.63) is 218 Å². The minimum atomic E-state index is -0.671. The zero-order valence-corrected chi connectivity index (χ0v) is 36.3. The fraction of sp³-hybridized carbons (Fsp3) is 0.269. The largest absolute Gasteiger partial charge is 0.487 e. The van der Waals surface area contributed by atoms with Crippen molar-refractivity contribution in [3.63, 3.8) is 0 Å². The summed E-state index contributed by atoms with van der Waals surface area (Å²) in [6.45, 7) is 7.97. The molecule has 0 N–H and O–H groups in total. The fourth-order valence-corrected chi connectivity index (χ4v) is 8.48. The van der Waals surface area contributed by atoms with Gasteiger partial charge in [0.15, 0.2) is 5.75 Å². The van der Waals surface area contributed by atoms with Gasteiger partial charge in [0.1, 0.15) is 37.1 Å². The summed E-state index contributed by atoms with van der Waals surface area (Å²) in [7, 11) is 0. The highest BCUT2D eigenvalue weighted by atomic mass is 79.9. The number of halogens is 2. The number of ether oxygens (including phenoxy) is 6. The Morgan fingerprint density at radius 3 is 1.62 bits per heavy atom. The van der Waals surface area contributed by atoms with E-state index in [1.54, 1.807) is 6.08 Å². The summed E-state index contributed by atoms with van der Waals surface area (Å²) in [5.74, 6) is 0.515. The number of benzene rings is 6. The van der Waals surface area contributed by atoms with Gasteiger partial charge in [-0.05, 0) is 73.8 Å². The van der Waals surface area contributed by atoms with Crippen LogP contribution in [0.1, 0.15) is 57.5 Å². The number of rotatable bonds is 20. The zero-order chi connectivity index (χ0) is 41.5. The van der Waals surface area contributed by atoms with Crippen molar-refractivity contribution in [1.29, 1.82) is 0 Å². The van der Waals surface area contributed by atoms with Crippen molar-refractivity contribution in [2.24, 2.45) is 0 Å². The molecular weight excluding hydrogens is 836 g/mol. The molecule has 0 spiro atoms. The van der Waals surface area contributed by atoms with Crippen LogP contribution in [0.25, 0.3) is 0 Å². The summed E-state index contributed by atoms with van der Waals surface area (Å²) in [5, 5.41) is 0.522. The number of hydrogen-bond donors (Lipinski definition) is 0. The first-order valence-corrected chi connectivity index (χ1v) is 21.7. The number of aryl methyl sites for hydroxylation is 1. The molecule has 0 amide bonds. The molecule has 1 aliphatic rings. The van der Waals surface area contributed by atoms with E-state index >= 15 is 0 Å². The van der Waals surface area contributed by atoms with Crippen LogP contribution in [0.2, 0.25) is 5.02 Å². The van der Waals surface area contributed by atoms with Gasteiger partial charge in [-0.2, -0.15) is 0 Å². The third-order valence-electron chi connectivity index (χ3n) is 10.6. The van der Waals surface area contributed by atoms with E-state index in [4.69, 9.17) is 40.0 Å². The zero-order valence-electron chi connectivity index (χ0n) is 34.0. The predicted octanol–water partition coefficient (Wildman–Crippen LogP) is 12.2. The standard InChI is InChI=1S/C52H52BrClO6/c1-3-29-56-50-46(53)44(31-43(47(50)54)30-38-27-25-37(4-2)26-28-38)48-51(58-34-41-21-13-7-14-22-41)52(59-35-42-23-15-8-16-24-42)49(57-33-40-19-11-6-12-20-40)45(60-48)36-55-32-39-17-9-5-10-18-39/h3,5-28,31,45,48-49,51-52H,1,4,29-30,32-36H2,2H3/t45-,48+,49-,51+,52+/m1/s1. The van der Waals surface area contributed by atoms with Crippen molar-refractivity contribution >= 4 is 27.5 Å². The number of hydrogen-bond acceptors (Lipinski definition) is 6. The van der Waals surface area contributed by atoms with Gasteiger partial charge in [0.2, 0.25) is 0 Å². The summed E-state index contributed by atoms with van der Waals surface area (Å²) in [5.41, 5.74) is 8.27. The Morgan fingerprint density at radius 2 is 1.10 bits per heavy atom. The van der Waals surface area contributed by atoms with Crippen LogP contribution in [0.4, 0.5) is 0 Å². The smallest absolute Gasteiger partial charge is 0.153 e. The van der Waals surface area contributed by atoms with Crippen molar-refractivity contribution in [2.45, 2.75) is 76.7 Å². The summed E-state index contributed by atoms with van der Waals surface area (Å²) in [6, 6.07) is 51.4. The molecule has 0 unspecified atom stereocenters. The maximum absolute atomic E-state index is 7.31. The average molecular weight is 888 g/mol. The molecule has 5 atom stereocenters. The summed E-state index contributed by atoms with van der Waals surface area (Å²) in [6.07, 6.45) is 0.181. The first kappa shape index (κ1) is 43.5. The SMILES string of the molecule is C=CCOc1c(Cl)c(Cc2ccc(CC)cc2)cc([C@@H]2O[C@H](COCc3ccccc3)[C@@H](OCc3ccccc3)[C@H](OCc3ccccc3)[C@H]2OCc2ccccc2)c1Br. The molecule has 1 saturated heterocycles. The van der Waals surface area contributed by atoms with E-state index in [1.807, 2.05) is 72.8 Å². The van der Waals surface area contributed by atoms with Gasteiger partial charge in [0, 0.05) is 5.56 Å². The predicted molar refractivity (Wildman–Crippen MR) is 242 cm³/mol. The molecule has 1 aliphatic heterocycles. The van der Waals surface area contributed by atoms with Crippen LogP contribution in [0.3, 0.4) is 0 Å². The van der Waals surface area contributed by atoms with Gasteiger partial charge < -0.3 is 28.4 Å². The molecule has 60 heavy (non-hydrogen) atoms. The lowest BCUT2D eigenvalue weighted by Crippen LogP contribution is -2.58. The highest BCUT2D eigenvalue weighted by Crippen LogP contribution is 2.47. The molecule has 310 valence electrons.